The van der Waals surface area contributed by atoms with E-state index in [4.69, 9.17) is 19.1 Å². The topological polar surface area (TPSA) is 82.0 Å². The average molecular weight is 894 g/mol. The van der Waals surface area contributed by atoms with Gasteiger partial charge in [-0.15, -0.1) is 0 Å². The van der Waals surface area contributed by atoms with E-state index in [1.54, 1.807) is 18.2 Å². The largest absolute Gasteiger partial charge is 0.534 e. The van der Waals surface area contributed by atoms with E-state index in [0.29, 0.717) is 42.4 Å². The highest BCUT2D eigenvalue weighted by atomic mass is 32.2. The van der Waals surface area contributed by atoms with Gasteiger partial charge in [-0.2, -0.15) is 21.6 Å². The van der Waals surface area contributed by atoms with Gasteiger partial charge in [-0.25, -0.2) is 0 Å². The van der Waals surface area contributed by atoms with Crippen molar-refractivity contribution in [2.75, 3.05) is 0 Å². The molecule has 3 aromatic heterocycles. The van der Waals surface area contributed by atoms with Crippen LogP contribution in [0.3, 0.4) is 0 Å². The number of aromatic nitrogens is 3. The molecule has 0 spiro atoms. The molecule has 9 aromatic rings. The summed E-state index contributed by atoms with van der Waals surface area (Å²) in [6, 6.07) is 60.0. The first-order valence-corrected chi connectivity index (χ1v) is 22.9. The van der Waals surface area contributed by atoms with E-state index in [9.17, 15) is 21.6 Å². The van der Waals surface area contributed by atoms with Crippen molar-refractivity contribution in [1.29, 1.82) is 0 Å². The fourth-order valence-electron chi connectivity index (χ4n) is 7.98. The van der Waals surface area contributed by atoms with Gasteiger partial charge in [0, 0.05) is 46.9 Å². The molecule has 3 heterocycles. The lowest BCUT2D eigenvalue weighted by atomic mass is 9.90. The molecule has 0 aliphatic carbocycles. The number of aryl methyl sites for hydroxylation is 4. The van der Waals surface area contributed by atoms with Crippen LogP contribution < -0.4 is 4.18 Å². The van der Waals surface area contributed by atoms with Crippen LogP contribution in [0.2, 0.25) is 0 Å². The van der Waals surface area contributed by atoms with Crippen LogP contribution in [0.1, 0.15) is 22.3 Å². The predicted molar refractivity (Wildman–Crippen MR) is 256 cm³/mol. The highest BCUT2D eigenvalue weighted by Gasteiger charge is 2.49. The molecule has 0 atom stereocenters. The molecule has 0 aliphatic heterocycles. The molecule has 0 saturated heterocycles. The van der Waals surface area contributed by atoms with Crippen molar-refractivity contribution in [3.05, 3.63) is 229 Å². The number of alkyl halides is 3. The van der Waals surface area contributed by atoms with Gasteiger partial charge in [-0.1, -0.05) is 164 Å². The van der Waals surface area contributed by atoms with Crippen LogP contribution >= 0.6 is 0 Å². The van der Waals surface area contributed by atoms with E-state index >= 15 is 0 Å². The normalized spacial score (nSPS) is 11.6. The Bertz CT molecular complexity index is 3100. The molecule has 9 rings (SSSR count). The maximum Gasteiger partial charge on any atom is 0.534 e. The second-order valence-electron chi connectivity index (χ2n) is 15.9. The SMILES string of the molecule is O=S(=O)(Oc1cc(-c2cccc(-c3ccccc3)c2)ncc1-c1ccccc1-c1cc(CCc2ccc(-c3ccccc3)nc2)cc(CCc2ccc(-c3ccccc3)nc2)c1)C(F)(F)F. The summed E-state index contributed by atoms with van der Waals surface area (Å²) in [5, 5.41) is 0. The standard InChI is InChI=1S/C56H42F3N3O3S/c57-56(58,59)66(63,64)65-55-35-54(47-20-12-19-46(34-47)43-13-4-1-5-14-43)62-38-51(55)50-22-11-10-21-49(50)48-32-41(25-23-39-27-29-52(60-36-39)44-15-6-2-7-16-44)31-42(33-48)26-24-40-28-30-53(61-37-40)45-17-8-3-9-18-45/h1-22,27-38H,23-26H2. The Morgan fingerprint density at radius 1 is 0.379 bits per heavy atom. The Kier molecular flexibility index (Phi) is 12.7. The van der Waals surface area contributed by atoms with Gasteiger partial charge in [0.25, 0.3) is 0 Å². The van der Waals surface area contributed by atoms with Gasteiger partial charge in [0.2, 0.25) is 0 Å². The number of halogens is 3. The number of nitrogens with zero attached hydrogens (tertiary/aromatic N) is 3. The van der Waals surface area contributed by atoms with Gasteiger partial charge in [0.1, 0.15) is 0 Å². The van der Waals surface area contributed by atoms with E-state index in [2.05, 4.69) is 30.3 Å². The van der Waals surface area contributed by atoms with Gasteiger partial charge in [0.05, 0.1) is 17.1 Å². The fraction of sp³-hybridized carbons (Fsp3) is 0.0893. The molecular formula is C56H42F3N3O3S. The molecule has 0 fully saturated rings. The van der Waals surface area contributed by atoms with Crippen LogP contribution in [0, 0.1) is 0 Å². The zero-order chi connectivity index (χ0) is 45.5. The highest BCUT2D eigenvalue weighted by molar-refractivity contribution is 7.88. The van der Waals surface area contributed by atoms with Gasteiger partial charge in [0.15, 0.2) is 5.75 Å². The lowest BCUT2D eigenvalue weighted by molar-refractivity contribution is -0.0499. The van der Waals surface area contributed by atoms with Gasteiger partial charge < -0.3 is 4.18 Å². The highest BCUT2D eigenvalue weighted by Crippen LogP contribution is 2.41. The Hall–Kier alpha value is -7.69. The molecule has 0 bridgehead atoms. The predicted octanol–water partition coefficient (Wildman–Crippen LogP) is 13.7. The zero-order valence-corrected chi connectivity index (χ0v) is 36.4. The van der Waals surface area contributed by atoms with E-state index in [0.717, 1.165) is 61.5 Å². The van der Waals surface area contributed by atoms with Crippen molar-refractivity contribution in [1.82, 2.24) is 15.0 Å². The zero-order valence-electron chi connectivity index (χ0n) is 35.6. The van der Waals surface area contributed by atoms with Crippen molar-refractivity contribution in [3.8, 4) is 72.9 Å². The second kappa shape index (κ2) is 19.2. The molecule has 0 aliphatic rings. The quantitative estimate of drug-likeness (QED) is 0.0799. The summed E-state index contributed by atoms with van der Waals surface area (Å²) >= 11 is 0. The number of hydrogen-bond acceptors (Lipinski definition) is 6. The van der Waals surface area contributed by atoms with Crippen LogP contribution in [0.15, 0.2) is 207 Å². The summed E-state index contributed by atoms with van der Waals surface area (Å²) in [4.78, 5) is 14.2. The molecule has 6 aromatic carbocycles. The molecule has 0 unspecified atom stereocenters. The third-order valence-corrected chi connectivity index (χ3v) is 12.4. The van der Waals surface area contributed by atoms with E-state index in [1.807, 2.05) is 146 Å². The second-order valence-corrected chi connectivity index (χ2v) is 17.5. The maximum absolute atomic E-state index is 14.0. The minimum Gasteiger partial charge on any atom is -0.375 e. The first-order chi connectivity index (χ1) is 32.1. The van der Waals surface area contributed by atoms with Gasteiger partial charge in [-0.3, -0.25) is 15.0 Å². The third kappa shape index (κ3) is 10.1. The molecule has 66 heavy (non-hydrogen) atoms. The van der Waals surface area contributed by atoms with Gasteiger partial charge in [-0.05, 0) is 94.0 Å². The summed E-state index contributed by atoms with van der Waals surface area (Å²) < 4.78 is 72.4. The lowest BCUT2D eigenvalue weighted by Crippen LogP contribution is -2.28. The first-order valence-electron chi connectivity index (χ1n) is 21.5. The maximum atomic E-state index is 14.0. The monoisotopic (exact) mass is 893 g/mol. The van der Waals surface area contributed by atoms with E-state index in [-0.39, 0.29) is 11.3 Å². The Morgan fingerprint density at radius 2 is 0.848 bits per heavy atom. The van der Waals surface area contributed by atoms with Crippen molar-refractivity contribution in [2.45, 2.75) is 31.2 Å². The summed E-state index contributed by atoms with van der Waals surface area (Å²) in [7, 11) is -6.06. The summed E-state index contributed by atoms with van der Waals surface area (Å²) in [5.74, 6) is -0.496. The average Bonchev–Trinajstić information content (AvgIpc) is 3.36. The number of pyridine rings is 3. The Morgan fingerprint density at radius 3 is 1.38 bits per heavy atom. The van der Waals surface area contributed by atoms with Crippen molar-refractivity contribution >= 4 is 10.1 Å². The van der Waals surface area contributed by atoms with Crippen LogP contribution in [0.25, 0.3) is 67.2 Å². The van der Waals surface area contributed by atoms with E-state index < -0.39 is 21.4 Å². The number of benzene rings is 6. The van der Waals surface area contributed by atoms with Gasteiger partial charge >= 0.3 is 15.6 Å². The molecule has 6 nitrogen and oxygen atoms in total. The van der Waals surface area contributed by atoms with Crippen molar-refractivity contribution in [2.24, 2.45) is 0 Å². The fourth-order valence-corrected chi connectivity index (χ4v) is 8.45. The molecule has 0 amide bonds. The summed E-state index contributed by atoms with van der Waals surface area (Å²) in [5.41, 5.74) is 7.01. The number of hydrogen-bond donors (Lipinski definition) is 0. The van der Waals surface area contributed by atoms with Crippen LogP contribution in [-0.4, -0.2) is 28.9 Å². The minimum absolute atomic E-state index is 0.0857. The van der Waals surface area contributed by atoms with Crippen LogP contribution in [0.4, 0.5) is 13.2 Å². The third-order valence-electron chi connectivity index (χ3n) is 11.4. The first kappa shape index (κ1) is 43.6. The minimum atomic E-state index is -6.06. The molecule has 326 valence electrons. The molecule has 0 saturated carbocycles. The molecular weight excluding hydrogens is 852 g/mol. The lowest BCUT2D eigenvalue weighted by Gasteiger charge is -2.18. The molecule has 10 heteroatoms. The van der Waals surface area contributed by atoms with Crippen LogP contribution in [0.5, 0.6) is 5.75 Å². The Balaban J connectivity index is 1.08. The summed E-state index contributed by atoms with van der Waals surface area (Å²) in [6.45, 7) is 0. The Labute approximate surface area is 382 Å². The number of rotatable bonds is 14. The molecule has 0 radical (unpaired) electrons. The molecule has 0 N–H and O–H groups in total. The van der Waals surface area contributed by atoms with Crippen LogP contribution in [-0.2, 0) is 35.8 Å². The smallest absolute Gasteiger partial charge is 0.375 e. The van der Waals surface area contributed by atoms with E-state index in [1.165, 1.54) is 12.3 Å². The van der Waals surface area contributed by atoms with Crippen molar-refractivity contribution < 1.29 is 25.8 Å². The summed E-state index contributed by atoms with van der Waals surface area (Å²) in [6.07, 6.45) is 7.97. The van der Waals surface area contributed by atoms with Crippen molar-refractivity contribution in [3.63, 3.8) is 0 Å².